The summed E-state index contributed by atoms with van der Waals surface area (Å²) in [4.78, 5) is 15.0. The van der Waals surface area contributed by atoms with Crippen LogP contribution in [-0.4, -0.2) is 30.6 Å². The maximum atomic E-state index is 12.0. The van der Waals surface area contributed by atoms with Gasteiger partial charge in [0.15, 0.2) is 0 Å². The predicted octanol–water partition coefficient (Wildman–Crippen LogP) is 1.51. The number of amides is 1. The van der Waals surface area contributed by atoms with Gasteiger partial charge >= 0.3 is 0 Å². The Hall–Kier alpha value is -2.01. The monoisotopic (exact) mass is 247 g/mol. The number of nitrogens with one attached hydrogen (secondary N) is 2. The zero-order valence-electron chi connectivity index (χ0n) is 10.5. The van der Waals surface area contributed by atoms with E-state index < -0.39 is 0 Å². The van der Waals surface area contributed by atoms with Crippen molar-refractivity contribution < 1.29 is 9.53 Å². The zero-order chi connectivity index (χ0) is 13.1. The Morgan fingerprint density at radius 3 is 3.06 bits per heavy atom. The van der Waals surface area contributed by atoms with Crippen molar-refractivity contribution in [3.05, 3.63) is 30.0 Å². The van der Waals surface area contributed by atoms with Crippen molar-refractivity contribution in [2.75, 3.05) is 19.4 Å². The van der Waals surface area contributed by atoms with Crippen LogP contribution in [0.15, 0.2) is 24.4 Å². The first kappa shape index (κ1) is 12.4. The van der Waals surface area contributed by atoms with Crippen LogP contribution in [-0.2, 0) is 4.74 Å². The number of fused-ring (bicyclic) bond motifs is 1. The predicted molar refractivity (Wildman–Crippen MR) is 71.5 cm³/mol. The summed E-state index contributed by atoms with van der Waals surface area (Å²) < 4.78 is 5.08. The van der Waals surface area contributed by atoms with Gasteiger partial charge in [-0.1, -0.05) is 0 Å². The molecule has 1 atom stereocenters. The molecule has 5 nitrogen and oxygen atoms in total. The van der Waals surface area contributed by atoms with Crippen molar-refractivity contribution in [1.29, 1.82) is 0 Å². The highest BCUT2D eigenvalue weighted by Gasteiger charge is 2.12. The summed E-state index contributed by atoms with van der Waals surface area (Å²) >= 11 is 0. The van der Waals surface area contributed by atoms with Crippen LogP contribution in [0.25, 0.3) is 10.9 Å². The molecule has 0 aliphatic carbocycles. The first-order valence-electron chi connectivity index (χ1n) is 5.79. The van der Waals surface area contributed by atoms with E-state index in [2.05, 4.69) is 10.3 Å². The van der Waals surface area contributed by atoms with Crippen LogP contribution in [0.5, 0.6) is 0 Å². The van der Waals surface area contributed by atoms with E-state index >= 15 is 0 Å². The van der Waals surface area contributed by atoms with Gasteiger partial charge in [0.25, 0.3) is 5.91 Å². The van der Waals surface area contributed by atoms with Gasteiger partial charge < -0.3 is 20.8 Å². The molecular weight excluding hydrogens is 230 g/mol. The average Bonchev–Trinajstić information content (AvgIpc) is 2.78. The number of hydrogen-bond donors (Lipinski definition) is 3. The summed E-state index contributed by atoms with van der Waals surface area (Å²) in [5.74, 6) is -0.116. The fourth-order valence-electron chi connectivity index (χ4n) is 1.75. The van der Waals surface area contributed by atoms with Crippen LogP contribution in [0.3, 0.4) is 0 Å². The minimum Gasteiger partial charge on any atom is -0.399 e. The van der Waals surface area contributed by atoms with E-state index in [1.807, 2.05) is 19.1 Å². The van der Waals surface area contributed by atoms with Crippen molar-refractivity contribution in [2.45, 2.75) is 13.0 Å². The normalized spacial score (nSPS) is 12.6. The Morgan fingerprint density at radius 1 is 1.56 bits per heavy atom. The molecule has 0 saturated carbocycles. The number of benzene rings is 1. The van der Waals surface area contributed by atoms with Crippen LogP contribution in [0, 0.1) is 0 Å². The molecule has 0 bridgehead atoms. The third-order valence-electron chi connectivity index (χ3n) is 2.90. The molecule has 0 aliphatic heterocycles. The molecule has 5 heteroatoms. The highest BCUT2D eigenvalue weighted by atomic mass is 16.5. The summed E-state index contributed by atoms with van der Waals surface area (Å²) in [6.45, 7) is 2.38. The third-order valence-corrected chi connectivity index (χ3v) is 2.90. The lowest BCUT2D eigenvalue weighted by atomic mass is 10.1. The van der Waals surface area contributed by atoms with Gasteiger partial charge in [-0.05, 0) is 25.1 Å². The molecule has 1 aromatic heterocycles. The third kappa shape index (κ3) is 2.46. The second-order valence-electron chi connectivity index (χ2n) is 4.26. The Labute approximate surface area is 105 Å². The number of hydrogen-bond acceptors (Lipinski definition) is 3. The molecule has 1 heterocycles. The smallest absolute Gasteiger partial charge is 0.253 e. The number of rotatable bonds is 4. The van der Waals surface area contributed by atoms with Crippen LogP contribution in [0.2, 0.25) is 0 Å². The molecule has 4 N–H and O–H groups in total. The first-order valence-corrected chi connectivity index (χ1v) is 5.79. The van der Waals surface area contributed by atoms with Gasteiger partial charge in [-0.25, -0.2) is 0 Å². The maximum Gasteiger partial charge on any atom is 0.253 e. The van der Waals surface area contributed by atoms with Crippen molar-refractivity contribution in [2.24, 2.45) is 0 Å². The molecule has 0 radical (unpaired) electrons. The fraction of sp³-hybridized carbons (Fsp3) is 0.308. The number of aromatic nitrogens is 1. The highest BCUT2D eigenvalue weighted by Crippen LogP contribution is 2.20. The number of carbonyl (C=O) groups is 1. The molecule has 0 saturated heterocycles. The molecule has 0 aliphatic rings. The molecule has 18 heavy (non-hydrogen) atoms. The Bertz CT molecular complexity index is 562. The van der Waals surface area contributed by atoms with Crippen molar-refractivity contribution >= 4 is 22.5 Å². The van der Waals surface area contributed by atoms with Crippen molar-refractivity contribution in [1.82, 2.24) is 10.3 Å². The SMILES string of the molecule is COC(C)CNC(=O)c1c[nH]c2cc(N)ccc12. The Kier molecular flexibility index (Phi) is 3.53. The van der Waals surface area contributed by atoms with E-state index in [-0.39, 0.29) is 12.0 Å². The maximum absolute atomic E-state index is 12.0. The van der Waals surface area contributed by atoms with Crippen molar-refractivity contribution in [3.8, 4) is 0 Å². The summed E-state index contributed by atoms with van der Waals surface area (Å²) in [5.41, 5.74) is 7.84. The minimum atomic E-state index is -0.116. The number of aromatic amines is 1. The Balaban J connectivity index is 2.18. The highest BCUT2D eigenvalue weighted by molar-refractivity contribution is 6.07. The number of ether oxygens (including phenoxy) is 1. The summed E-state index contributed by atoms with van der Waals surface area (Å²) in [7, 11) is 1.62. The van der Waals surface area contributed by atoms with E-state index in [9.17, 15) is 4.79 Å². The molecule has 2 rings (SSSR count). The zero-order valence-corrected chi connectivity index (χ0v) is 10.5. The van der Waals surface area contributed by atoms with E-state index in [1.165, 1.54) is 0 Å². The minimum absolute atomic E-state index is 0.00481. The lowest BCUT2D eigenvalue weighted by Gasteiger charge is -2.10. The van der Waals surface area contributed by atoms with Gasteiger partial charge in [-0.3, -0.25) is 4.79 Å². The van der Waals surface area contributed by atoms with E-state index in [0.29, 0.717) is 17.8 Å². The number of H-pyrrole nitrogens is 1. The standard InChI is InChI=1S/C13H17N3O2/c1-8(18-2)6-16-13(17)11-7-15-12-5-9(14)3-4-10(11)12/h3-5,7-8,15H,6,14H2,1-2H3,(H,16,17). The van der Waals surface area contributed by atoms with Crippen LogP contribution < -0.4 is 11.1 Å². The summed E-state index contributed by atoms with van der Waals surface area (Å²) in [6, 6.07) is 5.43. The molecule has 96 valence electrons. The largest absolute Gasteiger partial charge is 0.399 e. The van der Waals surface area contributed by atoms with Crippen molar-refractivity contribution in [3.63, 3.8) is 0 Å². The molecule has 1 unspecified atom stereocenters. The summed E-state index contributed by atoms with van der Waals surface area (Å²) in [6.07, 6.45) is 1.69. The molecule has 0 spiro atoms. The lowest BCUT2D eigenvalue weighted by Crippen LogP contribution is -2.31. The fourth-order valence-corrected chi connectivity index (χ4v) is 1.75. The van der Waals surface area contributed by atoms with Gasteiger partial charge in [-0.15, -0.1) is 0 Å². The number of carbonyl (C=O) groups excluding carboxylic acids is 1. The van der Waals surface area contributed by atoms with Crippen LogP contribution in [0.1, 0.15) is 17.3 Å². The second-order valence-corrected chi connectivity index (χ2v) is 4.26. The molecule has 2 aromatic rings. The molecule has 1 aromatic carbocycles. The molecular formula is C13H17N3O2. The Morgan fingerprint density at radius 2 is 2.33 bits per heavy atom. The average molecular weight is 247 g/mol. The number of nitrogen functional groups attached to an aromatic ring is 1. The van der Waals surface area contributed by atoms with Gasteiger partial charge in [-0.2, -0.15) is 0 Å². The number of methoxy groups -OCH3 is 1. The quantitative estimate of drug-likeness (QED) is 0.716. The van der Waals surface area contributed by atoms with E-state index in [4.69, 9.17) is 10.5 Å². The van der Waals surface area contributed by atoms with Crippen LogP contribution in [0.4, 0.5) is 5.69 Å². The van der Waals surface area contributed by atoms with Gasteiger partial charge in [0.05, 0.1) is 11.7 Å². The number of nitrogens with two attached hydrogens (primary N) is 1. The molecule has 1 amide bonds. The van der Waals surface area contributed by atoms with E-state index in [0.717, 1.165) is 10.9 Å². The number of anilines is 1. The summed E-state index contributed by atoms with van der Waals surface area (Å²) in [5, 5.41) is 3.69. The topological polar surface area (TPSA) is 80.1 Å². The van der Waals surface area contributed by atoms with Crippen LogP contribution >= 0.6 is 0 Å². The first-order chi connectivity index (χ1) is 8.61. The lowest BCUT2D eigenvalue weighted by molar-refractivity contribution is 0.0872. The van der Waals surface area contributed by atoms with Gasteiger partial charge in [0.1, 0.15) is 0 Å². The molecule has 0 fully saturated rings. The second kappa shape index (κ2) is 5.10. The van der Waals surface area contributed by atoms with E-state index in [1.54, 1.807) is 19.4 Å². The van der Waals surface area contributed by atoms with Gasteiger partial charge in [0.2, 0.25) is 0 Å². The van der Waals surface area contributed by atoms with Gasteiger partial charge in [0, 0.05) is 36.4 Å².